The van der Waals surface area contributed by atoms with E-state index in [1.165, 1.54) is 6.07 Å². The molecule has 0 bridgehead atoms. The quantitative estimate of drug-likeness (QED) is 0.686. The average Bonchev–Trinajstić information content (AvgIpc) is 2.25. The van der Waals surface area contributed by atoms with Gasteiger partial charge in [0.2, 0.25) is 0 Å². The smallest absolute Gasteiger partial charge is 0.337 e. The topological polar surface area (TPSA) is 86.8 Å². The van der Waals surface area contributed by atoms with Gasteiger partial charge < -0.3 is 20.8 Å². The van der Waals surface area contributed by atoms with Crippen LogP contribution in [0.25, 0.3) is 0 Å². The van der Waals surface area contributed by atoms with Gasteiger partial charge in [-0.05, 0) is 37.5 Å². The Balaban J connectivity index is 2.37. The molecule has 0 heterocycles. The number of aliphatic hydroxyl groups is 1. The lowest BCUT2D eigenvalue weighted by atomic mass is 9.90. The summed E-state index contributed by atoms with van der Waals surface area (Å²) in [6, 6.07) is 5.11. The maximum Gasteiger partial charge on any atom is 0.337 e. The first kappa shape index (κ1) is 12.7. The molecule has 0 atom stereocenters. The second kappa shape index (κ2) is 5.27. The lowest BCUT2D eigenvalue weighted by Gasteiger charge is -2.39. The van der Waals surface area contributed by atoms with Crippen molar-refractivity contribution in [3.63, 3.8) is 0 Å². The number of aliphatic hydroxyl groups excluding tert-OH is 1. The van der Waals surface area contributed by atoms with Crippen LogP contribution in [0.15, 0.2) is 18.2 Å². The highest BCUT2D eigenvalue weighted by Crippen LogP contribution is 2.32. The van der Waals surface area contributed by atoms with Crippen molar-refractivity contribution in [2.75, 3.05) is 23.8 Å². The molecule has 0 saturated heterocycles. The van der Waals surface area contributed by atoms with Crippen LogP contribution >= 0.6 is 0 Å². The molecule has 5 nitrogen and oxygen atoms in total. The van der Waals surface area contributed by atoms with E-state index in [1.807, 2.05) is 4.90 Å². The zero-order valence-electron chi connectivity index (χ0n) is 10.2. The Kier molecular flexibility index (Phi) is 3.72. The molecule has 0 aromatic heterocycles. The third-order valence-electron chi connectivity index (χ3n) is 3.42. The standard InChI is InChI=1S/C13H18N2O3/c14-9-4-5-11(13(17)18)12(8-9)15(6-7-16)10-2-1-3-10/h4-5,8,10,16H,1-3,6-7,14H2,(H,17,18). The van der Waals surface area contributed by atoms with E-state index < -0.39 is 5.97 Å². The van der Waals surface area contributed by atoms with Crippen molar-refractivity contribution in [2.24, 2.45) is 0 Å². The second-order valence-electron chi connectivity index (χ2n) is 4.58. The number of nitrogens with two attached hydrogens (primary N) is 1. The Hall–Kier alpha value is -1.75. The number of carboxylic acid groups (broad SMARTS) is 1. The highest BCUT2D eigenvalue weighted by Gasteiger charge is 2.27. The van der Waals surface area contributed by atoms with Gasteiger partial charge in [0.25, 0.3) is 0 Å². The molecule has 1 fully saturated rings. The van der Waals surface area contributed by atoms with Crippen LogP contribution in [0.3, 0.4) is 0 Å². The number of carbonyl (C=O) groups is 1. The molecule has 1 aliphatic carbocycles. The minimum absolute atomic E-state index is 0.00432. The van der Waals surface area contributed by atoms with Crippen molar-refractivity contribution in [1.29, 1.82) is 0 Å². The highest BCUT2D eigenvalue weighted by molar-refractivity contribution is 5.95. The van der Waals surface area contributed by atoms with Gasteiger partial charge in [-0.3, -0.25) is 0 Å². The Labute approximate surface area is 106 Å². The maximum atomic E-state index is 11.2. The summed E-state index contributed by atoms with van der Waals surface area (Å²) < 4.78 is 0. The van der Waals surface area contributed by atoms with Crippen LogP contribution in [0.5, 0.6) is 0 Å². The molecule has 0 amide bonds. The fraction of sp³-hybridized carbons (Fsp3) is 0.462. The summed E-state index contributed by atoms with van der Waals surface area (Å²) >= 11 is 0. The molecule has 0 unspecified atom stereocenters. The summed E-state index contributed by atoms with van der Waals surface area (Å²) in [5, 5.41) is 18.4. The van der Waals surface area contributed by atoms with Crippen LogP contribution in [-0.2, 0) is 0 Å². The third kappa shape index (κ3) is 2.41. The van der Waals surface area contributed by atoms with E-state index in [0.717, 1.165) is 19.3 Å². The van der Waals surface area contributed by atoms with E-state index in [4.69, 9.17) is 10.8 Å². The largest absolute Gasteiger partial charge is 0.478 e. The summed E-state index contributed by atoms with van der Waals surface area (Å²) in [7, 11) is 0. The predicted octanol–water partition coefficient (Wildman–Crippen LogP) is 1.32. The molecule has 1 aromatic carbocycles. The monoisotopic (exact) mass is 250 g/mol. The van der Waals surface area contributed by atoms with Crippen LogP contribution in [0, 0.1) is 0 Å². The highest BCUT2D eigenvalue weighted by atomic mass is 16.4. The number of aromatic carboxylic acids is 1. The van der Waals surface area contributed by atoms with Crippen LogP contribution in [-0.4, -0.2) is 35.4 Å². The molecular formula is C13H18N2O3. The van der Waals surface area contributed by atoms with Gasteiger partial charge in [0, 0.05) is 18.3 Å². The minimum Gasteiger partial charge on any atom is -0.478 e. The van der Waals surface area contributed by atoms with E-state index in [0.29, 0.717) is 24.0 Å². The number of nitrogen functional groups attached to an aromatic ring is 1. The summed E-state index contributed by atoms with van der Waals surface area (Å²) in [4.78, 5) is 13.2. The summed E-state index contributed by atoms with van der Waals surface area (Å²) in [6.07, 6.45) is 3.22. The van der Waals surface area contributed by atoms with Gasteiger partial charge in [-0.2, -0.15) is 0 Å². The van der Waals surface area contributed by atoms with Crippen molar-refractivity contribution >= 4 is 17.3 Å². The van der Waals surface area contributed by atoms with Crippen LogP contribution in [0.2, 0.25) is 0 Å². The molecule has 0 spiro atoms. The molecule has 1 saturated carbocycles. The van der Waals surface area contributed by atoms with Gasteiger partial charge in [0.15, 0.2) is 0 Å². The zero-order chi connectivity index (χ0) is 13.1. The Morgan fingerprint density at radius 2 is 2.17 bits per heavy atom. The lowest BCUT2D eigenvalue weighted by molar-refractivity contribution is 0.0697. The molecule has 5 heteroatoms. The number of nitrogens with zero attached hydrogens (tertiary/aromatic N) is 1. The molecular weight excluding hydrogens is 232 g/mol. The van der Waals surface area contributed by atoms with Gasteiger partial charge in [-0.1, -0.05) is 0 Å². The molecule has 1 aromatic rings. The normalized spacial score (nSPS) is 15.2. The molecule has 0 aliphatic heterocycles. The number of benzene rings is 1. The fourth-order valence-electron chi connectivity index (χ4n) is 2.27. The SMILES string of the molecule is Nc1ccc(C(=O)O)c(N(CCO)C2CCC2)c1. The van der Waals surface area contributed by atoms with Gasteiger partial charge in [0.1, 0.15) is 0 Å². The first-order chi connectivity index (χ1) is 8.63. The first-order valence-electron chi connectivity index (χ1n) is 6.14. The van der Waals surface area contributed by atoms with Crippen LogP contribution in [0.4, 0.5) is 11.4 Å². The van der Waals surface area contributed by atoms with E-state index in [1.54, 1.807) is 12.1 Å². The molecule has 0 radical (unpaired) electrons. The van der Waals surface area contributed by atoms with Crippen molar-refractivity contribution < 1.29 is 15.0 Å². The summed E-state index contributed by atoms with van der Waals surface area (Å²) in [5.74, 6) is -0.965. The van der Waals surface area contributed by atoms with E-state index in [9.17, 15) is 9.90 Å². The van der Waals surface area contributed by atoms with Crippen LogP contribution in [0.1, 0.15) is 29.6 Å². The zero-order valence-corrected chi connectivity index (χ0v) is 10.2. The number of rotatable bonds is 5. The van der Waals surface area contributed by atoms with Crippen molar-refractivity contribution in [2.45, 2.75) is 25.3 Å². The van der Waals surface area contributed by atoms with Gasteiger partial charge >= 0.3 is 5.97 Å². The van der Waals surface area contributed by atoms with E-state index in [2.05, 4.69) is 0 Å². The number of hydrogen-bond acceptors (Lipinski definition) is 4. The van der Waals surface area contributed by atoms with E-state index >= 15 is 0 Å². The Morgan fingerprint density at radius 1 is 1.44 bits per heavy atom. The molecule has 2 rings (SSSR count). The average molecular weight is 250 g/mol. The molecule has 18 heavy (non-hydrogen) atoms. The summed E-state index contributed by atoms with van der Waals surface area (Å²) in [6.45, 7) is 0.443. The maximum absolute atomic E-state index is 11.2. The van der Waals surface area contributed by atoms with Crippen LogP contribution < -0.4 is 10.6 Å². The molecule has 1 aliphatic rings. The Morgan fingerprint density at radius 3 is 2.67 bits per heavy atom. The third-order valence-corrected chi connectivity index (χ3v) is 3.42. The number of hydrogen-bond donors (Lipinski definition) is 3. The molecule has 98 valence electrons. The first-order valence-corrected chi connectivity index (χ1v) is 6.14. The fourth-order valence-corrected chi connectivity index (χ4v) is 2.27. The van der Waals surface area contributed by atoms with Crippen molar-refractivity contribution in [3.8, 4) is 0 Å². The predicted molar refractivity (Wildman–Crippen MR) is 69.9 cm³/mol. The van der Waals surface area contributed by atoms with Gasteiger partial charge in [-0.25, -0.2) is 4.79 Å². The lowest BCUT2D eigenvalue weighted by Crippen LogP contribution is -2.42. The van der Waals surface area contributed by atoms with Crippen molar-refractivity contribution in [1.82, 2.24) is 0 Å². The summed E-state index contributed by atoms with van der Waals surface area (Å²) in [5.41, 5.74) is 7.13. The minimum atomic E-state index is -0.965. The van der Waals surface area contributed by atoms with Gasteiger partial charge in [0.05, 0.1) is 17.9 Å². The number of carboxylic acids is 1. The Bertz CT molecular complexity index is 444. The number of anilines is 2. The van der Waals surface area contributed by atoms with E-state index in [-0.39, 0.29) is 12.2 Å². The van der Waals surface area contributed by atoms with Crippen molar-refractivity contribution in [3.05, 3.63) is 23.8 Å². The molecule has 4 N–H and O–H groups in total. The second-order valence-corrected chi connectivity index (χ2v) is 4.58. The van der Waals surface area contributed by atoms with Gasteiger partial charge in [-0.15, -0.1) is 0 Å².